The van der Waals surface area contributed by atoms with Crippen molar-refractivity contribution in [3.63, 3.8) is 0 Å². The van der Waals surface area contributed by atoms with Crippen molar-refractivity contribution in [1.29, 1.82) is 0 Å². The molecule has 4 heteroatoms. The topological polar surface area (TPSA) is 0 Å². The molecule has 0 bridgehead atoms. The molecular formula is C10H13Cl3Si. The molecule has 0 saturated heterocycles. The van der Waals surface area contributed by atoms with Crippen molar-refractivity contribution in [1.82, 2.24) is 0 Å². The van der Waals surface area contributed by atoms with Crippen LogP contribution >= 0.6 is 33.8 Å². The van der Waals surface area contributed by atoms with Gasteiger partial charge in [0.1, 0.15) is 0 Å². The largest absolute Gasteiger partial charge is 0.255 e. The van der Waals surface area contributed by atoms with Crippen LogP contribution in [0, 0.1) is 0 Å². The lowest BCUT2D eigenvalue weighted by atomic mass is 10.1. The molecular weight excluding hydrogens is 255 g/mol. The van der Waals surface area contributed by atoms with E-state index in [9.17, 15) is 0 Å². The minimum absolute atomic E-state index is 0.246. The average molecular weight is 268 g/mol. The number of alkyl halides is 1. The van der Waals surface area contributed by atoms with Crippen LogP contribution in [0.1, 0.15) is 23.6 Å². The lowest BCUT2D eigenvalue weighted by Crippen LogP contribution is -2.23. The van der Waals surface area contributed by atoms with Gasteiger partial charge in [0, 0.05) is 11.4 Å². The Kier molecular flexibility index (Phi) is 4.32. The first-order chi connectivity index (χ1) is 6.45. The summed E-state index contributed by atoms with van der Waals surface area (Å²) in [6.07, 6.45) is 0. The summed E-state index contributed by atoms with van der Waals surface area (Å²) in [6, 6.07) is 8.15. The fourth-order valence-electron chi connectivity index (χ4n) is 1.19. The molecule has 78 valence electrons. The van der Waals surface area contributed by atoms with Gasteiger partial charge in [-0.05, 0) is 17.7 Å². The van der Waals surface area contributed by atoms with Crippen LogP contribution in [0.2, 0.25) is 6.55 Å². The van der Waals surface area contributed by atoms with Crippen LogP contribution in [0.5, 0.6) is 0 Å². The molecule has 0 N–H and O–H groups in total. The maximum Gasteiger partial charge on any atom is 0.255 e. The molecule has 1 unspecified atom stereocenters. The minimum Gasteiger partial charge on any atom is -0.145 e. The fourth-order valence-corrected chi connectivity index (χ4v) is 2.90. The lowest BCUT2D eigenvalue weighted by Gasteiger charge is -2.20. The maximum atomic E-state index is 6.17. The van der Waals surface area contributed by atoms with Gasteiger partial charge in [0.25, 0.3) is 6.69 Å². The molecule has 0 heterocycles. The molecule has 0 nitrogen and oxygen atoms in total. The van der Waals surface area contributed by atoms with Gasteiger partial charge in [0.05, 0.1) is 0 Å². The first kappa shape index (κ1) is 12.4. The van der Waals surface area contributed by atoms with Gasteiger partial charge >= 0.3 is 0 Å². The molecule has 0 fully saturated rings. The standard InChI is InChI=1S/C10H13Cl3Si/c1-8(14(2,12)13)10-5-3-9(7-11)4-6-10/h3-6,8H,7H2,1-2H3. The second kappa shape index (κ2) is 4.89. The molecule has 0 spiro atoms. The van der Waals surface area contributed by atoms with Crippen LogP contribution in [0.15, 0.2) is 24.3 Å². The Hall–Kier alpha value is 0.307. The summed E-state index contributed by atoms with van der Waals surface area (Å²) in [7, 11) is 0. The Morgan fingerprint density at radius 1 is 1.21 bits per heavy atom. The summed E-state index contributed by atoms with van der Waals surface area (Å²) in [4.78, 5) is 0. The molecule has 0 amide bonds. The van der Waals surface area contributed by atoms with Gasteiger partial charge in [-0.2, -0.15) is 0 Å². The molecule has 0 aromatic heterocycles. The van der Waals surface area contributed by atoms with Gasteiger partial charge in [0.15, 0.2) is 0 Å². The van der Waals surface area contributed by atoms with E-state index in [1.807, 2.05) is 18.7 Å². The Morgan fingerprint density at radius 3 is 2.07 bits per heavy atom. The number of rotatable bonds is 3. The van der Waals surface area contributed by atoms with Crippen LogP contribution in [-0.4, -0.2) is 6.69 Å². The maximum absolute atomic E-state index is 6.17. The van der Waals surface area contributed by atoms with Crippen molar-refractivity contribution in [3.8, 4) is 0 Å². The predicted octanol–water partition coefficient (Wildman–Crippen LogP) is 4.62. The van der Waals surface area contributed by atoms with Crippen molar-refractivity contribution in [2.24, 2.45) is 0 Å². The minimum atomic E-state index is -2.12. The predicted molar refractivity (Wildman–Crippen MR) is 67.7 cm³/mol. The zero-order chi connectivity index (χ0) is 10.8. The lowest BCUT2D eigenvalue weighted by molar-refractivity contribution is 1.05. The van der Waals surface area contributed by atoms with Gasteiger partial charge in [-0.15, -0.1) is 33.8 Å². The molecule has 1 atom stereocenters. The van der Waals surface area contributed by atoms with E-state index in [-0.39, 0.29) is 5.54 Å². The van der Waals surface area contributed by atoms with E-state index in [0.717, 1.165) is 5.56 Å². The van der Waals surface area contributed by atoms with Crippen LogP contribution in [0.3, 0.4) is 0 Å². The second-order valence-electron chi connectivity index (χ2n) is 3.55. The zero-order valence-electron chi connectivity index (χ0n) is 8.23. The van der Waals surface area contributed by atoms with E-state index >= 15 is 0 Å². The Balaban J connectivity index is 2.87. The third kappa shape index (κ3) is 3.16. The quantitative estimate of drug-likeness (QED) is 0.426. The van der Waals surface area contributed by atoms with E-state index < -0.39 is 6.69 Å². The highest BCUT2D eigenvalue weighted by Crippen LogP contribution is 2.32. The van der Waals surface area contributed by atoms with Crippen molar-refractivity contribution in [2.75, 3.05) is 0 Å². The summed E-state index contributed by atoms with van der Waals surface area (Å²) >= 11 is 18.0. The summed E-state index contributed by atoms with van der Waals surface area (Å²) < 4.78 is 0. The Labute approximate surface area is 101 Å². The van der Waals surface area contributed by atoms with E-state index in [1.165, 1.54) is 5.56 Å². The van der Waals surface area contributed by atoms with Crippen LogP contribution < -0.4 is 0 Å². The third-order valence-electron chi connectivity index (χ3n) is 2.39. The number of hydrogen-bond acceptors (Lipinski definition) is 0. The highest BCUT2D eigenvalue weighted by Gasteiger charge is 2.30. The molecule has 0 aliphatic carbocycles. The number of halogens is 3. The summed E-state index contributed by atoms with van der Waals surface area (Å²) in [5, 5.41) is 0. The van der Waals surface area contributed by atoms with E-state index in [0.29, 0.717) is 5.88 Å². The van der Waals surface area contributed by atoms with Crippen LogP contribution in [0.25, 0.3) is 0 Å². The Morgan fingerprint density at radius 2 is 1.71 bits per heavy atom. The molecule has 0 aliphatic rings. The molecule has 1 aromatic rings. The smallest absolute Gasteiger partial charge is 0.145 e. The van der Waals surface area contributed by atoms with E-state index in [1.54, 1.807) is 0 Å². The fraction of sp³-hybridized carbons (Fsp3) is 0.400. The number of benzene rings is 1. The van der Waals surface area contributed by atoms with Crippen molar-refractivity contribution in [3.05, 3.63) is 35.4 Å². The molecule has 14 heavy (non-hydrogen) atoms. The second-order valence-corrected chi connectivity index (χ2v) is 11.9. The van der Waals surface area contributed by atoms with Crippen molar-refractivity contribution < 1.29 is 0 Å². The molecule has 1 rings (SSSR count). The van der Waals surface area contributed by atoms with Gasteiger partial charge in [-0.25, -0.2) is 0 Å². The van der Waals surface area contributed by atoms with Gasteiger partial charge in [-0.1, -0.05) is 31.2 Å². The van der Waals surface area contributed by atoms with Crippen molar-refractivity contribution in [2.45, 2.75) is 24.9 Å². The van der Waals surface area contributed by atoms with E-state index in [4.69, 9.17) is 33.8 Å². The average Bonchev–Trinajstić information content (AvgIpc) is 2.15. The molecule has 0 saturated carbocycles. The summed E-state index contributed by atoms with van der Waals surface area (Å²) in [6.45, 7) is 1.89. The summed E-state index contributed by atoms with van der Waals surface area (Å²) in [5.74, 6) is 0.547. The first-order valence-electron chi connectivity index (χ1n) is 4.47. The normalized spacial score (nSPS) is 14.1. The van der Waals surface area contributed by atoms with Crippen LogP contribution in [-0.2, 0) is 5.88 Å². The SMILES string of the molecule is CC(c1ccc(CCl)cc1)[Si](C)(Cl)Cl. The van der Waals surface area contributed by atoms with Crippen molar-refractivity contribution >= 4 is 40.5 Å². The monoisotopic (exact) mass is 266 g/mol. The van der Waals surface area contributed by atoms with Gasteiger partial charge in [-0.3, -0.25) is 0 Å². The number of hydrogen-bond donors (Lipinski definition) is 0. The third-order valence-corrected chi connectivity index (χ3v) is 6.52. The molecule has 1 aromatic carbocycles. The van der Waals surface area contributed by atoms with Crippen LogP contribution in [0.4, 0.5) is 0 Å². The van der Waals surface area contributed by atoms with Gasteiger partial charge < -0.3 is 0 Å². The molecule has 0 radical (unpaired) electrons. The first-order valence-corrected chi connectivity index (χ1v) is 9.61. The molecule has 0 aliphatic heterocycles. The highest BCUT2D eigenvalue weighted by molar-refractivity contribution is 7.45. The highest BCUT2D eigenvalue weighted by atomic mass is 35.7. The Bertz CT molecular complexity index is 289. The zero-order valence-corrected chi connectivity index (χ0v) is 11.5. The summed E-state index contributed by atoms with van der Waals surface area (Å²) in [5.41, 5.74) is 2.56. The van der Waals surface area contributed by atoms with Gasteiger partial charge in [0.2, 0.25) is 0 Å². The van der Waals surface area contributed by atoms with E-state index in [2.05, 4.69) is 19.1 Å².